The summed E-state index contributed by atoms with van der Waals surface area (Å²) < 4.78 is 20.4. The second-order valence-corrected chi connectivity index (χ2v) is 5.21. The van der Waals surface area contributed by atoms with Crippen molar-refractivity contribution in [3.05, 3.63) is 57.0 Å². The van der Waals surface area contributed by atoms with Crippen LogP contribution in [-0.4, -0.2) is 4.98 Å². The predicted molar refractivity (Wildman–Crippen MR) is 70.4 cm³/mol. The predicted octanol–water partition coefficient (Wildman–Crippen LogP) is 4.32. The molecule has 0 N–H and O–H groups in total. The zero-order valence-electron chi connectivity index (χ0n) is 8.66. The lowest BCUT2D eigenvalue weighted by molar-refractivity contribution is 0.289. The Balaban J connectivity index is 2.09. The van der Waals surface area contributed by atoms with E-state index in [0.717, 1.165) is 14.5 Å². The highest BCUT2D eigenvalue weighted by Crippen LogP contribution is 2.23. The fraction of sp³-hybridized carbons (Fsp3) is 0.0833. The average molecular weight is 361 g/mol. The van der Waals surface area contributed by atoms with E-state index in [1.807, 2.05) is 6.07 Å². The third-order valence-electron chi connectivity index (χ3n) is 2.05. The van der Waals surface area contributed by atoms with Gasteiger partial charge in [-0.05, 0) is 40.2 Å². The molecular weight excluding hydrogens is 353 g/mol. The summed E-state index contributed by atoms with van der Waals surface area (Å²) in [5.41, 5.74) is 0.874. The van der Waals surface area contributed by atoms with Crippen molar-refractivity contribution < 1.29 is 9.13 Å². The molecular formula is C12H8Br2FNO. The van der Waals surface area contributed by atoms with E-state index in [9.17, 15) is 4.39 Å². The van der Waals surface area contributed by atoms with Gasteiger partial charge in [-0.2, -0.15) is 0 Å². The topological polar surface area (TPSA) is 22.1 Å². The Hall–Kier alpha value is -0.940. The van der Waals surface area contributed by atoms with Gasteiger partial charge in [0.15, 0.2) is 11.6 Å². The molecule has 2 aromatic rings. The Morgan fingerprint density at radius 1 is 1.12 bits per heavy atom. The van der Waals surface area contributed by atoms with Gasteiger partial charge in [-0.3, -0.25) is 4.98 Å². The minimum absolute atomic E-state index is 0.222. The minimum Gasteiger partial charge on any atom is -0.486 e. The van der Waals surface area contributed by atoms with E-state index in [1.165, 1.54) is 6.07 Å². The summed E-state index contributed by atoms with van der Waals surface area (Å²) in [6, 6.07) is 6.46. The molecule has 0 aliphatic heterocycles. The quantitative estimate of drug-likeness (QED) is 0.812. The van der Waals surface area contributed by atoms with Crippen molar-refractivity contribution in [1.29, 1.82) is 0 Å². The highest BCUT2D eigenvalue weighted by molar-refractivity contribution is 9.10. The highest BCUT2D eigenvalue weighted by atomic mass is 79.9. The summed E-state index contributed by atoms with van der Waals surface area (Å²) >= 11 is 6.58. The fourth-order valence-corrected chi connectivity index (χ4v) is 2.04. The van der Waals surface area contributed by atoms with Crippen molar-refractivity contribution in [1.82, 2.24) is 4.98 Å². The van der Waals surface area contributed by atoms with Crippen LogP contribution in [0.5, 0.6) is 5.75 Å². The number of benzene rings is 1. The van der Waals surface area contributed by atoms with E-state index < -0.39 is 0 Å². The third kappa shape index (κ3) is 3.51. The summed E-state index contributed by atoms with van der Waals surface area (Å²) in [7, 11) is 0. The maximum atomic E-state index is 13.4. The van der Waals surface area contributed by atoms with Crippen molar-refractivity contribution in [2.75, 3.05) is 0 Å². The van der Waals surface area contributed by atoms with Crippen LogP contribution in [0.1, 0.15) is 5.56 Å². The van der Waals surface area contributed by atoms with Gasteiger partial charge in [-0.1, -0.05) is 15.9 Å². The first-order valence-corrected chi connectivity index (χ1v) is 6.41. The molecule has 0 unspecified atom stereocenters. The molecule has 88 valence electrons. The van der Waals surface area contributed by atoms with E-state index in [1.54, 1.807) is 24.5 Å². The number of halogens is 3. The van der Waals surface area contributed by atoms with Crippen molar-refractivity contribution >= 4 is 31.9 Å². The summed E-state index contributed by atoms with van der Waals surface area (Å²) in [5, 5.41) is 0. The van der Waals surface area contributed by atoms with Crippen molar-refractivity contribution in [2.45, 2.75) is 6.61 Å². The Morgan fingerprint density at radius 3 is 2.71 bits per heavy atom. The molecule has 0 bridgehead atoms. The van der Waals surface area contributed by atoms with Gasteiger partial charge in [0.1, 0.15) is 6.61 Å². The number of hydrogen-bond donors (Lipinski definition) is 0. The lowest BCUT2D eigenvalue weighted by atomic mass is 10.3. The first kappa shape index (κ1) is 12.5. The lowest BCUT2D eigenvalue weighted by Gasteiger charge is -2.07. The molecule has 5 heteroatoms. The molecule has 2 nitrogen and oxygen atoms in total. The van der Waals surface area contributed by atoms with E-state index in [4.69, 9.17) is 4.74 Å². The second-order valence-electron chi connectivity index (χ2n) is 3.37. The maximum Gasteiger partial charge on any atom is 0.165 e. The molecule has 2 rings (SSSR count). The largest absolute Gasteiger partial charge is 0.486 e. The van der Waals surface area contributed by atoms with Gasteiger partial charge in [-0.25, -0.2) is 4.39 Å². The smallest absolute Gasteiger partial charge is 0.165 e. The van der Waals surface area contributed by atoms with Crippen LogP contribution in [0.3, 0.4) is 0 Å². The summed E-state index contributed by atoms with van der Waals surface area (Å²) in [5.74, 6) is -0.157. The van der Waals surface area contributed by atoms with Crippen molar-refractivity contribution in [3.63, 3.8) is 0 Å². The normalized spacial score (nSPS) is 10.3. The molecule has 0 saturated heterocycles. The zero-order chi connectivity index (χ0) is 12.3. The standard InChI is InChI=1S/C12H8Br2FNO/c13-9-1-2-11(15)12(4-9)17-7-8-3-10(14)6-16-5-8/h1-6H,7H2. The monoisotopic (exact) mass is 359 g/mol. The van der Waals surface area contributed by atoms with Crippen LogP contribution in [0.15, 0.2) is 45.6 Å². The number of ether oxygens (including phenoxy) is 1. The van der Waals surface area contributed by atoms with Gasteiger partial charge >= 0.3 is 0 Å². The molecule has 1 heterocycles. The summed E-state index contributed by atoms with van der Waals surface area (Å²) in [6.45, 7) is 0.278. The van der Waals surface area contributed by atoms with E-state index in [0.29, 0.717) is 0 Å². The summed E-state index contributed by atoms with van der Waals surface area (Å²) in [4.78, 5) is 4.01. The fourth-order valence-electron chi connectivity index (χ4n) is 1.28. The Bertz CT molecular complexity index is 534. The van der Waals surface area contributed by atoms with Crippen LogP contribution >= 0.6 is 31.9 Å². The van der Waals surface area contributed by atoms with E-state index in [-0.39, 0.29) is 18.2 Å². The van der Waals surface area contributed by atoms with Crippen molar-refractivity contribution in [3.8, 4) is 5.75 Å². The van der Waals surface area contributed by atoms with Crippen LogP contribution in [0, 0.1) is 5.82 Å². The number of pyridine rings is 1. The molecule has 0 aliphatic carbocycles. The van der Waals surface area contributed by atoms with E-state index >= 15 is 0 Å². The Kier molecular flexibility index (Phi) is 4.12. The number of nitrogens with zero attached hydrogens (tertiary/aromatic N) is 1. The number of aromatic nitrogens is 1. The third-order valence-corrected chi connectivity index (χ3v) is 2.98. The van der Waals surface area contributed by atoms with Crippen LogP contribution < -0.4 is 4.74 Å². The van der Waals surface area contributed by atoms with Gasteiger partial charge in [-0.15, -0.1) is 0 Å². The molecule has 0 spiro atoms. The van der Waals surface area contributed by atoms with Gasteiger partial charge in [0.05, 0.1) is 0 Å². The molecule has 0 atom stereocenters. The minimum atomic E-state index is -0.379. The van der Waals surface area contributed by atoms with Gasteiger partial charge < -0.3 is 4.74 Å². The molecule has 17 heavy (non-hydrogen) atoms. The summed E-state index contributed by atoms with van der Waals surface area (Å²) in [6.07, 6.45) is 3.36. The zero-order valence-corrected chi connectivity index (χ0v) is 11.8. The van der Waals surface area contributed by atoms with Gasteiger partial charge in [0.25, 0.3) is 0 Å². The lowest BCUT2D eigenvalue weighted by Crippen LogP contribution is -1.98. The SMILES string of the molecule is Fc1ccc(Br)cc1OCc1cncc(Br)c1. The van der Waals surface area contributed by atoms with Gasteiger partial charge in [0.2, 0.25) is 0 Å². The van der Waals surface area contributed by atoms with E-state index in [2.05, 4.69) is 36.8 Å². The van der Waals surface area contributed by atoms with Crippen molar-refractivity contribution in [2.24, 2.45) is 0 Å². The average Bonchev–Trinajstić information content (AvgIpc) is 2.30. The first-order valence-electron chi connectivity index (χ1n) is 4.82. The van der Waals surface area contributed by atoms with Crippen LogP contribution in [0.4, 0.5) is 4.39 Å². The first-order chi connectivity index (χ1) is 8.15. The molecule has 1 aromatic carbocycles. The molecule has 0 radical (unpaired) electrons. The van der Waals surface area contributed by atoms with Gasteiger partial charge in [0, 0.05) is 26.9 Å². The molecule has 1 aromatic heterocycles. The molecule has 0 aliphatic rings. The second kappa shape index (κ2) is 5.60. The molecule has 0 saturated carbocycles. The van der Waals surface area contributed by atoms with Crippen LogP contribution in [0.25, 0.3) is 0 Å². The Labute approximate surface area is 115 Å². The number of rotatable bonds is 3. The van der Waals surface area contributed by atoms with Crippen LogP contribution in [0.2, 0.25) is 0 Å². The molecule has 0 amide bonds. The molecule has 0 fully saturated rings. The number of hydrogen-bond acceptors (Lipinski definition) is 2. The maximum absolute atomic E-state index is 13.4. The van der Waals surface area contributed by atoms with Crippen LogP contribution in [-0.2, 0) is 6.61 Å². The highest BCUT2D eigenvalue weighted by Gasteiger charge is 2.04. The Morgan fingerprint density at radius 2 is 1.94 bits per heavy atom.